The molecule has 0 aliphatic carbocycles. The monoisotopic (exact) mass is 761 g/mol. The number of aromatic nitrogens is 4. The average molecular weight is 762 g/mol. The summed E-state index contributed by atoms with van der Waals surface area (Å²) in [5, 5.41) is 4.71. The lowest BCUT2D eigenvalue weighted by atomic mass is 10.0. The molecule has 4 aromatic heterocycles. The fourth-order valence-corrected chi connectivity index (χ4v) is 5.80. The summed E-state index contributed by atoms with van der Waals surface area (Å²) in [6.07, 6.45) is -2.30. The third-order valence-electron chi connectivity index (χ3n) is 8.62. The second kappa shape index (κ2) is 15.3. The van der Waals surface area contributed by atoms with Crippen LogP contribution in [0.3, 0.4) is 0 Å². The van der Waals surface area contributed by atoms with Gasteiger partial charge in [-0.1, -0.05) is 12.1 Å². The van der Waals surface area contributed by atoms with Crippen molar-refractivity contribution in [3.05, 3.63) is 157 Å². The van der Waals surface area contributed by atoms with E-state index >= 15 is 0 Å². The Morgan fingerprint density at radius 1 is 0.500 bits per heavy atom. The van der Waals surface area contributed by atoms with Crippen molar-refractivity contribution < 1.29 is 31.1 Å². The van der Waals surface area contributed by atoms with Gasteiger partial charge in [0.1, 0.15) is 11.6 Å². The van der Waals surface area contributed by atoms with Crippen LogP contribution in [0.15, 0.2) is 146 Å². The molecule has 0 radical (unpaired) electrons. The summed E-state index contributed by atoms with van der Waals surface area (Å²) in [5.74, 6) is 1.07. The number of nitrogens with two attached hydrogens (primary N) is 2. The van der Waals surface area contributed by atoms with Gasteiger partial charge in [0.05, 0.1) is 22.2 Å². The molecule has 56 heavy (non-hydrogen) atoms. The Balaban J connectivity index is 0.000000172. The van der Waals surface area contributed by atoms with Crippen LogP contribution in [0.1, 0.15) is 11.1 Å². The zero-order chi connectivity index (χ0) is 39.5. The molecule has 0 bridgehead atoms. The van der Waals surface area contributed by atoms with Crippen molar-refractivity contribution in [3.8, 4) is 33.9 Å². The van der Waals surface area contributed by atoms with E-state index in [1.54, 1.807) is 49.1 Å². The Morgan fingerprint density at radius 2 is 1.00 bits per heavy atom. The molecule has 0 aliphatic heterocycles. The number of alkyl halides is 6. The zero-order valence-electron chi connectivity index (χ0n) is 29.0. The highest BCUT2D eigenvalue weighted by Crippen LogP contribution is 2.37. The van der Waals surface area contributed by atoms with E-state index in [9.17, 15) is 26.3 Å². The van der Waals surface area contributed by atoms with E-state index in [-0.39, 0.29) is 11.6 Å². The van der Waals surface area contributed by atoms with Crippen LogP contribution >= 0.6 is 0 Å². The second-order valence-corrected chi connectivity index (χ2v) is 12.3. The van der Waals surface area contributed by atoms with Crippen LogP contribution in [0.5, 0.6) is 11.6 Å². The van der Waals surface area contributed by atoms with E-state index in [1.165, 1.54) is 24.3 Å². The molecule has 8 aromatic rings. The molecule has 8 rings (SSSR count). The van der Waals surface area contributed by atoms with Crippen molar-refractivity contribution in [1.29, 1.82) is 0 Å². The van der Waals surface area contributed by atoms with Crippen molar-refractivity contribution in [2.75, 3.05) is 16.8 Å². The fourth-order valence-electron chi connectivity index (χ4n) is 5.80. The van der Waals surface area contributed by atoms with Gasteiger partial charge < -0.3 is 21.5 Å². The van der Waals surface area contributed by atoms with Crippen molar-refractivity contribution in [2.45, 2.75) is 12.4 Å². The highest BCUT2D eigenvalue weighted by molar-refractivity contribution is 5.95. The summed E-state index contributed by atoms with van der Waals surface area (Å²) in [4.78, 5) is 17.1. The number of fused-ring (bicyclic) bond motifs is 2. The SMILES string of the molecule is Nc1ccnc2ccc(-c3cccnc3Nc3ccc(C(F)(F)F)cc3)cc12.Nc1ccnc2ccc(-c3cccnc3Oc3ccc(C(F)(F)F)cc3)cc12. The number of benzene rings is 4. The first-order valence-electron chi connectivity index (χ1n) is 16.8. The largest absolute Gasteiger partial charge is 0.438 e. The Kier molecular flexibility index (Phi) is 10.1. The van der Waals surface area contributed by atoms with E-state index in [2.05, 4.69) is 25.3 Å². The number of nitrogen functional groups attached to an aromatic ring is 2. The van der Waals surface area contributed by atoms with Gasteiger partial charge in [0.2, 0.25) is 5.88 Å². The molecule has 280 valence electrons. The standard InChI is InChI=1S/C21H15F3N4.C21H14F3N3O/c2*22-21(23,24)14-4-6-15(7-5-14)28-20-16(2-1-10-27-20)13-3-8-19-17(12-13)18(25)9-11-26-19/h1-12H,(H2,25,26)(H,27,28);1-12H,(H2,25,26). The van der Waals surface area contributed by atoms with E-state index in [0.29, 0.717) is 28.4 Å². The lowest BCUT2D eigenvalue weighted by Gasteiger charge is -2.13. The summed E-state index contributed by atoms with van der Waals surface area (Å²) in [6.45, 7) is 0. The first-order chi connectivity index (χ1) is 26.8. The normalized spacial score (nSPS) is 11.5. The molecule has 14 heteroatoms. The summed E-state index contributed by atoms with van der Waals surface area (Å²) in [5.41, 5.74) is 17.1. The predicted molar refractivity (Wildman–Crippen MR) is 205 cm³/mol. The lowest BCUT2D eigenvalue weighted by Crippen LogP contribution is -2.04. The summed E-state index contributed by atoms with van der Waals surface area (Å²) >= 11 is 0. The number of rotatable bonds is 6. The number of nitrogens with one attached hydrogen (secondary N) is 1. The predicted octanol–water partition coefficient (Wildman–Crippen LogP) is 11.3. The van der Waals surface area contributed by atoms with Crippen LogP contribution < -0.4 is 21.5 Å². The van der Waals surface area contributed by atoms with Crippen LogP contribution in [0, 0.1) is 0 Å². The smallest absolute Gasteiger partial charge is 0.416 e. The molecular weight excluding hydrogens is 732 g/mol. The molecule has 0 saturated carbocycles. The Hall–Kier alpha value is -7.22. The topological polar surface area (TPSA) is 125 Å². The molecule has 0 atom stereocenters. The third-order valence-corrected chi connectivity index (χ3v) is 8.62. The van der Waals surface area contributed by atoms with E-state index in [4.69, 9.17) is 16.2 Å². The number of halogens is 6. The minimum absolute atomic E-state index is 0.259. The third kappa shape index (κ3) is 8.29. The number of hydrogen-bond donors (Lipinski definition) is 3. The molecule has 4 heterocycles. The molecular formula is C42H29F6N7O. The second-order valence-electron chi connectivity index (χ2n) is 12.3. The van der Waals surface area contributed by atoms with Crippen LogP contribution in [-0.2, 0) is 12.4 Å². The highest BCUT2D eigenvalue weighted by atomic mass is 19.4. The maximum atomic E-state index is 12.7. The van der Waals surface area contributed by atoms with Crippen molar-refractivity contribution in [2.24, 2.45) is 0 Å². The molecule has 0 spiro atoms. The van der Waals surface area contributed by atoms with Gasteiger partial charge in [0.15, 0.2) is 0 Å². The van der Waals surface area contributed by atoms with Crippen LogP contribution in [0.25, 0.3) is 44.1 Å². The van der Waals surface area contributed by atoms with Gasteiger partial charge in [0, 0.05) is 63.7 Å². The van der Waals surface area contributed by atoms with Gasteiger partial charge in [0.25, 0.3) is 0 Å². The fraction of sp³-hybridized carbons (Fsp3) is 0.0476. The molecule has 0 aliphatic rings. The summed E-state index contributed by atoms with van der Waals surface area (Å²) in [7, 11) is 0. The average Bonchev–Trinajstić information content (AvgIpc) is 3.19. The zero-order valence-corrected chi connectivity index (χ0v) is 29.0. The molecule has 0 unspecified atom stereocenters. The Bertz CT molecular complexity index is 2470. The first-order valence-corrected chi connectivity index (χ1v) is 16.8. The minimum Gasteiger partial charge on any atom is -0.438 e. The van der Waals surface area contributed by atoms with Gasteiger partial charge in [-0.2, -0.15) is 26.3 Å². The molecule has 0 amide bonds. The van der Waals surface area contributed by atoms with Gasteiger partial charge in [-0.3, -0.25) is 9.97 Å². The highest BCUT2D eigenvalue weighted by Gasteiger charge is 2.31. The lowest BCUT2D eigenvalue weighted by molar-refractivity contribution is -0.138. The Labute approximate surface area is 315 Å². The van der Waals surface area contributed by atoms with Crippen LogP contribution in [-0.4, -0.2) is 19.9 Å². The summed E-state index contributed by atoms with van der Waals surface area (Å²) < 4.78 is 82.2. The molecule has 5 N–H and O–H groups in total. The van der Waals surface area contributed by atoms with E-state index < -0.39 is 23.5 Å². The first kappa shape index (κ1) is 37.1. The van der Waals surface area contributed by atoms with Crippen molar-refractivity contribution >= 4 is 44.7 Å². The number of hydrogen-bond acceptors (Lipinski definition) is 8. The van der Waals surface area contributed by atoms with E-state index in [1.807, 2.05) is 48.5 Å². The van der Waals surface area contributed by atoms with Gasteiger partial charge in [-0.05, 0) is 120 Å². The van der Waals surface area contributed by atoms with Crippen molar-refractivity contribution in [1.82, 2.24) is 19.9 Å². The van der Waals surface area contributed by atoms with Crippen LogP contribution in [0.4, 0.5) is 49.2 Å². The number of nitrogens with zero attached hydrogens (tertiary/aromatic N) is 4. The summed E-state index contributed by atoms with van der Waals surface area (Å²) in [6, 6.07) is 31.3. The van der Waals surface area contributed by atoms with Gasteiger partial charge >= 0.3 is 12.4 Å². The quantitative estimate of drug-likeness (QED) is 0.143. The van der Waals surface area contributed by atoms with Crippen molar-refractivity contribution in [3.63, 3.8) is 0 Å². The maximum absolute atomic E-state index is 12.7. The molecule has 4 aromatic carbocycles. The van der Waals surface area contributed by atoms with E-state index in [0.717, 1.165) is 62.8 Å². The van der Waals surface area contributed by atoms with Gasteiger partial charge in [-0.15, -0.1) is 0 Å². The molecule has 8 nitrogen and oxygen atoms in total. The molecule has 0 fully saturated rings. The molecule has 0 saturated heterocycles. The maximum Gasteiger partial charge on any atom is 0.416 e. The number of pyridine rings is 4. The number of anilines is 4. The Morgan fingerprint density at radius 3 is 1.55 bits per heavy atom. The minimum atomic E-state index is -4.40. The van der Waals surface area contributed by atoms with Crippen LogP contribution in [0.2, 0.25) is 0 Å². The number of ether oxygens (including phenoxy) is 1. The van der Waals surface area contributed by atoms with Gasteiger partial charge in [-0.25, -0.2) is 9.97 Å².